The summed E-state index contributed by atoms with van der Waals surface area (Å²) in [5.74, 6) is 0.843. The van der Waals surface area contributed by atoms with Crippen molar-refractivity contribution in [3.8, 4) is 11.6 Å². The number of aromatic amines is 1. The smallest absolute Gasteiger partial charge is 0.268 e. The van der Waals surface area contributed by atoms with Crippen molar-refractivity contribution in [2.45, 2.75) is 0 Å². The molecule has 0 unspecified atom stereocenters. The van der Waals surface area contributed by atoms with Crippen molar-refractivity contribution in [3.05, 3.63) is 49.9 Å². The summed E-state index contributed by atoms with van der Waals surface area (Å²) in [5.41, 5.74) is -0.278. The second kappa shape index (κ2) is 4.80. The molecule has 0 radical (unpaired) electrons. The van der Waals surface area contributed by atoms with Crippen LogP contribution in [0.5, 0.6) is 11.6 Å². The number of nitrogens with zero attached hydrogens (tertiary/aromatic N) is 1. The van der Waals surface area contributed by atoms with Crippen molar-refractivity contribution in [2.24, 2.45) is 0 Å². The second-order valence-corrected chi connectivity index (χ2v) is 4.62. The molecule has 82 valence electrons. The average Bonchev–Trinajstić information content (AvgIpc) is 2.25. The van der Waals surface area contributed by atoms with Crippen molar-refractivity contribution in [1.29, 1.82) is 0 Å². The van der Waals surface area contributed by atoms with E-state index in [-0.39, 0.29) is 15.9 Å². The predicted molar refractivity (Wildman–Crippen MR) is 66.8 cm³/mol. The van der Waals surface area contributed by atoms with Gasteiger partial charge in [-0.05, 0) is 34.1 Å². The molecule has 0 spiro atoms. The van der Waals surface area contributed by atoms with Gasteiger partial charge in [-0.1, -0.05) is 22.0 Å². The maximum absolute atomic E-state index is 11.3. The normalized spacial score (nSPS) is 10.1. The van der Waals surface area contributed by atoms with Crippen LogP contribution in [0.15, 0.2) is 44.3 Å². The number of aromatic nitrogens is 2. The molecule has 1 aromatic heterocycles. The molecule has 1 N–H and O–H groups in total. The van der Waals surface area contributed by atoms with Gasteiger partial charge in [0.1, 0.15) is 10.2 Å². The highest BCUT2D eigenvalue weighted by molar-refractivity contribution is 9.10. The molecule has 16 heavy (non-hydrogen) atoms. The van der Waals surface area contributed by atoms with Gasteiger partial charge in [-0.3, -0.25) is 4.79 Å². The van der Waals surface area contributed by atoms with E-state index in [0.717, 1.165) is 4.47 Å². The van der Waals surface area contributed by atoms with Crippen molar-refractivity contribution < 1.29 is 4.74 Å². The third-order valence-electron chi connectivity index (χ3n) is 1.78. The zero-order valence-electron chi connectivity index (χ0n) is 7.91. The molecule has 1 aromatic carbocycles. The van der Waals surface area contributed by atoms with Gasteiger partial charge >= 0.3 is 0 Å². The molecule has 0 saturated heterocycles. The molecule has 4 nitrogen and oxygen atoms in total. The summed E-state index contributed by atoms with van der Waals surface area (Å²) in [5, 5.41) is 0. The van der Waals surface area contributed by atoms with E-state index < -0.39 is 0 Å². The van der Waals surface area contributed by atoms with Gasteiger partial charge in [-0.15, -0.1) is 0 Å². The topological polar surface area (TPSA) is 55.0 Å². The number of H-pyrrole nitrogens is 1. The van der Waals surface area contributed by atoms with Gasteiger partial charge in [0.15, 0.2) is 0 Å². The van der Waals surface area contributed by atoms with Crippen molar-refractivity contribution in [3.63, 3.8) is 0 Å². The van der Waals surface area contributed by atoms with E-state index in [0.29, 0.717) is 5.75 Å². The lowest BCUT2D eigenvalue weighted by Gasteiger charge is -2.05. The minimum Gasteiger partial charge on any atom is -0.438 e. The Morgan fingerprint density at radius 1 is 1.31 bits per heavy atom. The Hall–Kier alpha value is -1.14. The molecular weight excluding hydrogens is 340 g/mol. The molecule has 0 amide bonds. The van der Waals surface area contributed by atoms with E-state index in [4.69, 9.17) is 4.74 Å². The minimum atomic E-state index is -0.278. The summed E-state index contributed by atoms with van der Waals surface area (Å²) >= 11 is 6.44. The van der Waals surface area contributed by atoms with Gasteiger partial charge in [0.25, 0.3) is 5.56 Å². The number of nitrogens with one attached hydrogen (secondary N) is 1. The van der Waals surface area contributed by atoms with Crippen LogP contribution in [-0.2, 0) is 0 Å². The number of halogens is 2. The summed E-state index contributed by atoms with van der Waals surface area (Å²) in [6, 6.07) is 7.28. The number of hydrogen-bond acceptors (Lipinski definition) is 3. The molecular formula is C10H6Br2N2O2. The molecule has 0 atom stereocenters. The van der Waals surface area contributed by atoms with Gasteiger partial charge in [-0.25, -0.2) is 4.98 Å². The molecule has 0 aliphatic rings. The van der Waals surface area contributed by atoms with E-state index >= 15 is 0 Å². The Balaban J connectivity index is 2.34. The quantitative estimate of drug-likeness (QED) is 0.909. The minimum absolute atomic E-state index is 0.238. The molecule has 0 aliphatic carbocycles. The summed E-state index contributed by atoms with van der Waals surface area (Å²) in [6.45, 7) is 0. The van der Waals surface area contributed by atoms with Crippen LogP contribution in [0.1, 0.15) is 0 Å². The first-order valence-electron chi connectivity index (χ1n) is 4.33. The van der Waals surface area contributed by atoms with Gasteiger partial charge < -0.3 is 9.72 Å². The number of ether oxygens (including phenoxy) is 1. The van der Waals surface area contributed by atoms with E-state index in [1.165, 1.54) is 6.33 Å². The van der Waals surface area contributed by atoms with Crippen LogP contribution in [0.25, 0.3) is 0 Å². The highest BCUT2D eigenvalue weighted by Gasteiger charge is 2.07. The molecule has 0 aliphatic heterocycles. The van der Waals surface area contributed by atoms with Gasteiger partial charge in [0.05, 0.1) is 6.33 Å². The number of hydrogen-bond donors (Lipinski definition) is 1. The maximum atomic E-state index is 11.3. The first-order chi connectivity index (χ1) is 7.66. The third kappa shape index (κ3) is 2.51. The van der Waals surface area contributed by atoms with Crippen molar-refractivity contribution in [1.82, 2.24) is 9.97 Å². The first-order valence-corrected chi connectivity index (χ1v) is 5.92. The van der Waals surface area contributed by atoms with Crippen LogP contribution >= 0.6 is 31.9 Å². The highest BCUT2D eigenvalue weighted by Crippen LogP contribution is 2.25. The zero-order valence-corrected chi connectivity index (χ0v) is 11.1. The Morgan fingerprint density at radius 2 is 2.12 bits per heavy atom. The fourth-order valence-corrected chi connectivity index (χ4v) is 1.76. The number of benzene rings is 1. The van der Waals surface area contributed by atoms with E-state index in [1.807, 2.05) is 12.1 Å². The summed E-state index contributed by atoms with van der Waals surface area (Å²) in [6.07, 6.45) is 1.29. The van der Waals surface area contributed by atoms with Crippen molar-refractivity contribution in [2.75, 3.05) is 0 Å². The van der Waals surface area contributed by atoms with Crippen LogP contribution in [0, 0.1) is 0 Å². The predicted octanol–water partition coefficient (Wildman–Crippen LogP) is 3.09. The Labute approximate surface area is 108 Å². The third-order valence-corrected chi connectivity index (χ3v) is 2.97. The summed E-state index contributed by atoms with van der Waals surface area (Å²) in [7, 11) is 0. The Bertz CT molecular complexity index is 569. The molecule has 6 heteroatoms. The molecule has 2 rings (SSSR count). The van der Waals surface area contributed by atoms with E-state index in [1.54, 1.807) is 12.1 Å². The van der Waals surface area contributed by atoms with Crippen LogP contribution in [0.2, 0.25) is 0 Å². The first kappa shape index (κ1) is 11.3. The largest absolute Gasteiger partial charge is 0.438 e. The lowest BCUT2D eigenvalue weighted by atomic mass is 10.3. The van der Waals surface area contributed by atoms with Crippen LogP contribution in [0.3, 0.4) is 0 Å². The molecule has 0 bridgehead atoms. The molecule has 0 fully saturated rings. The second-order valence-electron chi connectivity index (χ2n) is 2.91. The Kier molecular flexibility index (Phi) is 3.40. The summed E-state index contributed by atoms with van der Waals surface area (Å²) < 4.78 is 6.63. The molecule has 0 saturated carbocycles. The lowest BCUT2D eigenvalue weighted by Crippen LogP contribution is -2.08. The standard InChI is InChI=1S/C10H6Br2N2O2/c11-6-2-1-3-7(4-6)16-10-8(12)9(15)13-5-14-10/h1-5H,(H,13,14,15). The van der Waals surface area contributed by atoms with Gasteiger partial charge in [0, 0.05) is 4.47 Å². The fourth-order valence-electron chi connectivity index (χ4n) is 1.08. The molecule has 2 aromatic rings. The monoisotopic (exact) mass is 344 g/mol. The van der Waals surface area contributed by atoms with Crippen molar-refractivity contribution >= 4 is 31.9 Å². The summed E-state index contributed by atoms with van der Waals surface area (Å²) in [4.78, 5) is 17.6. The highest BCUT2D eigenvalue weighted by atomic mass is 79.9. The van der Waals surface area contributed by atoms with Gasteiger partial charge in [0.2, 0.25) is 5.88 Å². The van der Waals surface area contributed by atoms with Gasteiger partial charge in [-0.2, -0.15) is 0 Å². The van der Waals surface area contributed by atoms with E-state index in [9.17, 15) is 4.79 Å². The van der Waals surface area contributed by atoms with Crippen LogP contribution < -0.4 is 10.3 Å². The maximum Gasteiger partial charge on any atom is 0.268 e. The average molecular weight is 346 g/mol. The fraction of sp³-hybridized carbons (Fsp3) is 0. The number of rotatable bonds is 2. The molecule has 1 heterocycles. The SMILES string of the molecule is O=c1[nH]cnc(Oc2cccc(Br)c2)c1Br. The Morgan fingerprint density at radius 3 is 2.88 bits per heavy atom. The zero-order chi connectivity index (χ0) is 11.5. The van der Waals surface area contributed by atoms with Crippen LogP contribution in [-0.4, -0.2) is 9.97 Å². The van der Waals surface area contributed by atoms with E-state index in [2.05, 4.69) is 41.8 Å². The lowest BCUT2D eigenvalue weighted by molar-refractivity contribution is 0.456. The van der Waals surface area contributed by atoms with Crippen LogP contribution in [0.4, 0.5) is 0 Å².